The number of nitrogens with one attached hydrogen (secondary N) is 8. The molecule has 0 aliphatic carbocycles. The molecule has 740 valence electrons. The molecule has 0 aliphatic heterocycles. The van der Waals surface area contributed by atoms with Crippen LogP contribution >= 0.6 is 0 Å². The number of nitro benzene ring substituents is 1. The fourth-order valence-electron chi connectivity index (χ4n) is 12.2. The molecule has 9 rings (SSSR count). The molecule has 2 unspecified atom stereocenters. The number of carbonyl (C=O) groups excluding carboxylic acids is 11. The van der Waals surface area contributed by atoms with Gasteiger partial charge in [-0.2, -0.15) is 0 Å². The summed E-state index contributed by atoms with van der Waals surface area (Å²) in [6.07, 6.45) is 2.24. The Labute approximate surface area is 808 Å². The number of esters is 2. The minimum atomic E-state index is -0.632. The molecule has 9 aromatic rings. The van der Waals surface area contributed by atoms with Crippen LogP contribution in [0.1, 0.15) is 231 Å². The third-order valence-corrected chi connectivity index (χ3v) is 19.0. The molecule has 0 bridgehead atoms. The third-order valence-electron chi connectivity index (χ3n) is 19.0. The predicted octanol–water partition coefficient (Wildman–Crippen LogP) is 18.2. The second kappa shape index (κ2) is 53.4. The highest BCUT2D eigenvalue weighted by molar-refractivity contribution is 6.12. The Morgan fingerprint density at radius 2 is 0.547 bits per heavy atom. The summed E-state index contributed by atoms with van der Waals surface area (Å²) < 4.78 is 63.2. The lowest BCUT2D eigenvalue weighted by Crippen LogP contribution is -2.23. The summed E-state index contributed by atoms with van der Waals surface area (Å²) in [6.45, 7) is 40.4. The SMILES string of the molecule is C=CCOC(=O)c1ccc(NC(=O)c2ccc(NC(=O)c3ccc(NC(=O)CN)c(OC(C)C)c3)c(OC(C)CC)c2)c(OC(C)C)c1.C=CCOC(=O)c1ccc(NC(=O)c2ccc(NC(=O)c3ccc(NC(=O)CN)c(OC(C)C)c3)c(OCC(C)C)c2)c(OC(C)C)c1.CCC(C)Oc1cc(C(=O)Nc2ccc(C(=O)Nc3ccc(C(N)=O)cc3OC(C)C)cc2OC(C)C)ccc1[N+](=O)[O-]. The van der Waals surface area contributed by atoms with Crippen LogP contribution in [0.3, 0.4) is 0 Å². The number of primary amides is 1. The van der Waals surface area contributed by atoms with E-state index >= 15 is 0 Å². The average molecular weight is 1910 g/mol. The highest BCUT2D eigenvalue weighted by atomic mass is 16.6. The zero-order valence-electron chi connectivity index (χ0n) is 81.3. The van der Waals surface area contributed by atoms with E-state index in [-0.39, 0.29) is 171 Å². The van der Waals surface area contributed by atoms with E-state index in [2.05, 4.69) is 55.7 Å². The molecule has 0 aromatic heterocycles. The molecule has 139 heavy (non-hydrogen) atoms. The highest BCUT2D eigenvalue weighted by Gasteiger charge is 2.28. The fraction of sp³-hybridized carbons (Fsp3) is 0.330. The highest BCUT2D eigenvalue weighted by Crippen LogP contribution is 2.39. The summed E-state index contributed by atoms with van der Waals surface area (Å²) in [4.78, 5) is 151. The Hall–Kier alpha value is -15.9. The van der Waals surface area contributed by atoms with Gasteiger partial charge in [-0.15, -0.1) is 0 Å². The maximum atomic E-state index is 13.5. The number of nitrogens with zero attached hydrogens (tertiary/aromatic N) is 1. The van der Waals surface area contributed by atoms with E-state index in [0.29, 0.717) is 82.3 Å². The number of rotatable bonds is 45. The second-order valence-electron chi connectivity index (χ2n) is 33.4. The molecule has 9 amide bonds. The molecule has 2 atom stereocenters. The number of carbonyl (C=O) groups is 11. The number of ether oxygens (including phenoxy) is 11. The number of hydrogen-bond donors (Lipinski definition) is 11. The molecular weight excluding hydrogens is 1790 g/mol. The summed E-state index contributed by atoms with van der Waals surface area (Å²) in [7, 11) is 0. The van der Waals surface area contributed by atoms with Gasteiger partial charge in [-0.05, 0) is 267 Å². The molecule has 0 saturated carbocycles. The topological polar surface area (TPSA) is 507 Å². The first-order valence-electron chi connectivity index (χ1n) is 45.0. The molecule has 0 fully saturated rings. The zero-order valence-corrected chi connectivity index (χ0v) is 81.3. The Morgan fingerprint density at radius 1 is 0.324 bits per heavy atom. The Bertz CT molecular complexity index is 5910. The van der Waals surface area contributed by atoms with E-state index in [9.17, 15) is 62.9 Å². The van der Waals surface area contributed by atoms with E-state index in [4.69, 9.17) is 69.3 Å². The average Bonchev–Trinajstić information content (AvgIpc) is 0.810. The van der Waals surface area contributed by atoms with Crippen molar-refractivity contribution in [2.24, 2.45) is 23.1 Å². The molecule has 9 aromatic carbocycles. The van der Waals surface area contributed by atoms with Gasteiger partial charge in [0.15, 0.2) is 5.75 Å². The molecule has 14 N–H and O–H groups in total. The van der Waals surface area contributed by atoms with Gasteiger partial charge in [0, 0.05) is 51.1 Å². The quantitative estimate of drug-likeness (QED) is 0.00731. The van der Waals surface area contributed by atoms with E-state index in [1.807, 2.05) is 90.0 Å². The Morgan fingerprint density at radius 3 is 0.799 bits per heavy atom. The number of hydrogen-bond acceptors (Lipinski definition) is 26. The van der Waals surface area contributed by atoms with Gasteiger partial charge in [0.2, 0.25) is 17.7 Å². The van der Waals surface area contributed by atoms with Crippen molar-refractivity contribution in [2.75, 3.05) is 75.4 Å². The van der Waals surface area contributed by atoms with Gasteiger partial charge in [-0.25, -0.2) is 9.59 Å². The van der Waals surface area contributed by atoms with Crippen LogP contribution in [0.5, 0.6) is 51.7 Å². The minimum absolute atomic E-state index is 0.0117. The zero-order chi connectivity index (χ0) is 103. The largest absolute Gasteiger partial charge is 0.491 e. The van der Waals surface area contributed by atoms with Crippen molar-refractivity contribution in [3.63, 3.8) is 0 Å². The van der Waals surface area contributed by atoms with Crippen LogP contribution < -0.4 is 102 Å². The molecular formula is C103H124N12O24. The van der Waals surface area contributed by atoms with E-state index in [1.165, 1.54) is 109 Å². The van der Waals surface area contributed by atoms with Gasteiger partial charge in [0.25, 0.3) is 35.4 Å². The summed E-state index contributed by atoms with van der Waals surface area (Å²) in [6, 6.07) is 40.7. The van der Waals surface area contributed by atoms with Gasteiger partial charge in [-0.1, -0.05) is 53.0 Å². The monoisotopic (exact) mass is 1910 g/mol. The Balaban J connectivity index is 0.000000284. The number of anilines is 8. The van der Waals surface area contributed by atoms with Crippen molar-refractivity contribution in [1.82, 2.24) is 0 Å². The van der Waals surface area contributed by atoms with Crippen LogP contribution in [0.4, 0.5) is 51.2 Å². The number of nitro groups is 1. The lowest BCUT2D eigenvalue weighted by atomic mass is 10.1. The molecule has 0 saturated heterocycles. The summed E-state index contributed by atoms with van der Waals surface area (Å²) >= 11 is 0. The van der Waals surface area contributed by atoms with Gasteiger partial charge < -0.3 is 112 Å². The minimum Gasteiger partial charge on any atom is -0.491 e. The van der Waals surface area contributed by atoms with Gasteiger partial charge in [-0.3, -0.25) is 53.3 Å². The van der Waals surface area contributed by atoms with Crippen molar-refractivity contribution in [2.45, 2.75) is 186 Å². The summed E-state index contributed by atoms with van der Waals surface area (Å²) in [5.41, 5.74) is 20.9. The normalized spacial score (nSPS) is 11.2. The van der Waals surface area contributed by atoms with Crippen molar-refractivity contribution in [3.8, 4) is 51.7 Å². The van der Waals surface area contributed by atoms with Gasteiger partial charge in [0.1, 0.15) is 59.2 Å². The van der Waals surface area contributed by atoms with Crippen molar-refractivity contribution < 1.29 is 110 Å². The fourth-order valence-corrected chi connectivity index (χ4v) is 12.2. The molecule has 0 radical (unpaired) electrons. The van der Waals surface area contributed by atoms with Crippen LogP contribution in [-0.4, -0.2) is 152 Å². The lowest BCUT2D eigenvalue weighted by molar-refractivity contribution is -0.386. The molecule has 0 aliphatic rings. The van der Waals surface area contributed by atoms with E-state index < -0.39 is 70.0 Å². The molecule has 0 heterocycles. The first-order valence-corrected chi connectivity index (χ1v) is 45.0. The number of nitrogens with two attached hydrogens (primary N) is 3. The van der Waals surface area contributed by atoms with Crippen molar-refractivity contribution in [1.29, 1.82) is 0 Å². The first kappa shape index (κ1) is 110. The van der Waals surface area contributed by atoms with Crippen LogP contribution in [0.25, 0.3) is 0 Å². The van der Waals surface area contributed by atoms with E-state index in [0.717, 1.165) is 0 Å². The number of benzene rings is 9. The summed E-state index contributed by atoms with van der Waals surface area (Å²) in [5, 5.41) is 33.7. The lowest BCUT2D eigenvalue weighted by Gasteiger charge is -2.19. The van der Waals surface area contributed by atoms with Crippen LogP contribution in [0.15, 0.2) is 189 Å². The first-order chi connectivity index (χ1) is 65.9. The molecule has 36 nitrogen and oxygen atoms in total. The van der Waals surface area contributed by atoms with Crippen LogP contribution in [0.2, 0.25) is 0 Å². The van der Waals surface area contributed by atoms with Crippen molar-refractivity contribution in [3.05, 3.63) is 249 Å². The third kappa shape index (κ3) is 34.5. The smallest absolute Gasteiger partial charge is 0.338 e. The second-order valence-corrected chi connectivity index (χ2v) is 33.4. The van der Waals surface area contributed by atoms with Gasteiger partial charge >= 0.3 is 17.6 Å². The Kier molecular flexibility index (Phi) is 42.4. The van der Waals surface area contributed by atoms with E-state index in [1.54, 1.807) is 101 Å². The maximum Gasteiger partial charge on any atom is 0.338 e. The number of amides is 9. The maximum absolute atomic E-state index is 13.5. The standard InChI is InChI=1S/2C36H44N4O8.C31H36N4O8/c1-8-15-45-36(44)26-11-14-29(32(18-26)48-23(6)7)40-34(42)24-9-12-27(30(16-24)46-20-21(2)3)39-35(43)25-10-13-28(38-33(41)19-37)31(17-25)47-22(4)5;1-8-16-45-36(44)26-12-15-28(31(19-26)47-22(5)6)39-35(43)25-11-14-29(32(18-25)48-23(7)9-2)40-34(42)24-10-13-27(38-33(41)20-37)30(17-24)46-21(3)4;1-7-19(6)43-28-16-22(10-13-25(28)35(39)40)31(38)34-24-12-9-21(15-27(24)42-18(4)5)30(37)33-23-11-8-20(29(32)36)14-26(23)41-17(2)3/h8-14,16-18,21-23H,1,15,19-20,37H2,2-7H3,(H,38,41)(H,39,43)(H,40,42);8,10-15,17-19,21-23H,1,9,16,20,37H2,2-7H3,(H,38,41)(H,39,43)(H,40,42);8-19H,7H2,1-6H3,(H2,32,36)(H,33,37)(H,34,38). The summed E-state index contributed by atoms with van der Waals surface area (Å²) in [5.74, 6) is -3.01. The van der Waals surface area contributed by atoms with Crippen molar-refractivity contribution >= 4 is 116 Å². The molecule has 0 spiro atoms. The van der Waals surface area contributed by atoms with Gasteiger partial charge in [0.05, 0.1) is 130 Å². The molecule has 36 heteroatoms. The van der Waals surface area contributed by atoms with Crippen LogP contribution in [-0.2, 0) is 19.1 Å². The predicted molar refractivity (Wildman–Crippen MR) is 533 cm³/mol. The van der Waals surface area contributed by atoms with Crippen LogP contribution in [0, 0.1) is 16.0 Å².